The van der Waals surface area contributed by atoms with Crippen LogP contribution in [0.25, 0.3) is 0 Å². The predicted octanol–water partition coefficient (Wildman–Crippen LogP) is 2.71. The van der Waals surface area contributed by atoms with Crippen LogP contribution in [0.4, 0.5) is 0 Å². The molecule has 0 aliphatic rings. The summed E-state index contributed by atoms with van der Waals surface area (Å²) in [4.78, 5) is 1.18. The summed E-state index contributed by atoms with van der Waals surface area (Å²) in [6.45, 7) is 0. The quantitative estimate of drug-likeness (QED) is 0.619. The Morgan fingerprint density at radius 3 is 1.62 bits per heavy atom. The Kier molecular flexibility index (Phi) is 3.70. The first-order valence-electron chi connectivity index (χ1n) is 5.09. The van der Waals surface area contributed by atoms with Gasteiger partial charge in [-0.2, -0.15) is 0 Å². The molecule has 0 aliphatic carbocycles. The Hall–Kier alpha value is -1.64. The van der Waals surface area contributed by atoms with E-state index in [1.165, 1.54) is 16.0 Å². The van der Waals surface area contributed by atoms with Crippen LogP contribution in [-0.2, 0) is 0 Å². The second-order valence-corrected chi connectivity index (χ2v) is 4.23. The molecule has 80 valence electrons. The van der Waals surface area contributed by atoms with Crippen molar-refractivity contribution in [2.45, 2.75) is 0 Å². The second kappa shape index (κ2) is 5.45. The fourth-order valence-corrected chi connectivity index (χ4v) is 2.23. The van der Waals surface area contributed by atoms with Crippen LogP contribution in [0, 0.1) is 0 Å². The molecule has 0 heterocycles. The van der Waals surface area contributed by atoms with Crippen molar-refractivity contribution < 1.29 is 0 Å². The molecule has 0 fully saturated rings. The van der Waals surface area contributed by atoms with Gasteiger partial charge >= 0.3 is 0 Å². The fourth-order valence-electron chi connectivity index (χ4n) is 1.55. The molecule has 0 aromatic heterocycles. The van der Waals surface area contributed by atoms with E-state index in [2.05, 4.69) is 24.3 Å². The topological polar surface area (TPSA) is 26.0 Å². The minimum absolute atomic E-state index is 1.18. The summed E-state index contributed by atoms with van der Waals surface area (Å²) >= 11 is 0. The van der Waals surface area contributed by atoms with Crippen molar-refractivity contribution in [3.63, 3.8) is 0 Å². The average molecular weight is 227 g/mol. The summed E-state index contributed by atoms with van der Waals surface area (Å²) < 4.78 is 0. The van der Waals surface area contributed by atoms with Gasteiger partial charge in [0.15, 0.2) is 0 Å². The molecule has 2 rings (SSSR count). The molecule has 0 spiro atoms. The molecular weight excluding hydrogens is 214 g/mol. The van der Waals surface area contributed by atoms with Crippen LogP contribution in [0.3, 0.4) is 0 Å². The number of benzene rings is 2. The van der Waals surface area contributed by atoms with Crippen molar-refractivity contribution in [1.29, 1.82) is 0 Å². The van der Waals surface area contributed by atoms with Crippen LogP contribution in [0.2, 0.25) is 0 Å². The smallest absolute Gasteiger partial charge is 0.0424 e. The van der Waals surface area contributed by atoms with Crippen LogP contribution in [0.5, 0.6) is 0 Å². The molecule has 1 nitrogen and oxygen atoms in total. The van der Waals surface area contributed by atoms with Gasteiger partial charge in [-0.15, -0.1) is 10.9 Å². The van der Waals surface area contributed by atoms with Crippen molar-refractivity contribution in [3.05, 3.63) is 71.8 Å². The predicted molar refractivity (Wildman–Crippen MR) is 73.9 cm³/mol. The van der Waals surface area contributed by atoms with Crippen molar-refractivity contribution in [3.8, 4) is 0 Å². The highest BCUT2D eigenvalue weighted by molar-refractivity contribution is 7.97. The van der Waals surface area contributed by atoms with Crippen molar-refractivity contribution in [1.82, 2.24) is 0 Å². The Morgan fingerprint density at radius 2 is 1.25 bits per heavy atom. The number of hydrogen-bond acceptors (Lipinski definition) is 0. The summed E-state index contributed by atoms with van der Waals surface area (Å²) in [6.07, 6.45) is 0. The summed E-state index contributed by atoms with van der Waals surface area (Å²) in [5, 5.41) is 0. The molecule has 2 aromatic carbocycles. The van der Waals surface area contributed by atoms with E-state index in [-0.39, 0.29) is 0 Å². The molecule has 0 radical (unpaired) electrons. The van der Waals surface area contributed by atoms with Gasteiger partial charge in [0.1, 0.15) is 0 Å². The Morgan fingerprint density at radius 1 is 0.812 bits per heavy atom. The first-order valence-corrected chi connectivity index (χ1v) is 5.97. The highest BCUT2D eigenvalue weighted by Gasteiger charge is 2.02. The van der Waals surface area contributed by atoms with E-state index < -0.39 is 0 Å². The van der Waals surface area contributed by atoms with Gasteiger partial charge < -0.3 is 5.73 Å². The van der Waals surface area contributed by atoms with E-state index in [0.29, 0.717) is 0 Å². The van der Waals surface area contributed by atoms with E-state index in [9.17, 15) is 0 Å². The van der Waals surface area contributed by atoms with Crippen LogP contribution in [-0.4, -0.2) is 10.4 Å². The van der Waals surface area contributed by atoms with Crippen molar-refractivity contribution in [2.24, 2.45) is 5.73 Å². The normalized spacial score (nSPS) is 9.56. The third-order valence-electron chi connectivity index (χ3n) is 2.26. The van der Waals surface area contributed by atoms with Crippen LogP contribution in [0.1, 0.15) is 11.1 Å². The first kappa shape index (κ1) is 10.9. The van der Waals surface area contributed by atoms with Gasteiger partial charge in [-0.05, 0) is 11.1 Å². The summed E-state index contributed by atoms with van der Waals surface area (Å²) in [6, 6.07) is 20.6. The van der Waals surface area contributed by atoms with Crippen LogP contribution in [0.15, 0.2) is 60.7 Å². The molecule has 2 aromatic rings. The van der Waals surface area contributed by atoms with Gasteiger partial charge in [-0.3, -0.25) is 0 Å². The third kappa shape index (κ3) is 2.48. The molecule has 2 N–H and O–H groups in total. The number of rotatable bonds is 2. The van der Waals surface area contributed by atoms with Gasteiger partial charge in [-0.25, -0.2) is 0 Å². The minimum atomic E-state index is 1.18. The molecule has 0 amide bonds. The van der Waals surface area contributed by atoms with E-state index >= 15 is 0 Å². The molecule has 16 heavy (non-hydrogen) atoms. The van der Waals surface area contributed by atoms with Crippen molar-refractivity contribution >= 4 is 21.3 Å². The largest absolute Gasteiger partial charge is 0.300 e. The molecule has 0 aliphatic heterocycles. The lowest BCUT2D eigenvalue weighted by Gasteiger charge is -2.04. The SMILES string of the molecule is NC=S=C(c1ccccc1)c1ccccc1. The van der Waals surface area contributed by atoms with E-state index in [1.54, 1.807) is 16.4 Å². The maximum absolute atomic E-state index is 5.52. The minimum Gasteiger partial charge on any atom is -0.300 e. The Bertz CT molecular complexity index is 469. The zero-order valence-electron chi connectivity index (χ0n) is 8.84. The highest BCUT2D eigenvalue weighted by Crippen LogP contribution is 2.11. The van der Waals surface area contributed by atoms with Gasteiger partial charge in [0.2, 0.25) is 0 Å². The van der Waals surface area contributed by atoms with Gasteiger partial charge in [-0.1, -0.05) is 60.7 Å². The lowest BCUT2D eigenvalue weighted by Crippen LogP contribution is -2.00. The Balaban J connectivity index is 2.53. The molecule has 0 saturated carbocycles. The zero-order valence-corrected chi connectivity index (χ0v) is 9.65. The third-order valence-corrected chi connectivity index (χ3v) is 3.10. The molecular formula is C14H13NS. The van der Waals surface area contributed by atoms with Crippen molar-refractivity contribution in [2.75, 3.05) is 0 Å². The maximum atomic E-state index is 5.52. The number of nitrogens with two attached hydrogens (primary N) is 1. The molecule has 0 unspecified atom stereocenters. The average Bonchev–Trinajstić information content (AvgIpc) is 2.38. The fraction of sp³-hybridized carbons (Fsp3) is 0. The van der Waals surface area contributed by atoms with E-state index in [0.717, 1.165) is 0 Å². The monoisotopic (exact) mass is 227 g/mol. The Labute approximate surface area is 99.1 Å². The number of hydrogen-bond donors (Lipinski definition) is 1. The maximum Gasteiger partial charge on any atom is 0.0424 e. The van der Waals surface area contributed by atoms with E-state index in [1.807, 2.05) is 36.4 Å². The van der Waals surface area contributed by atoms with Crippen LogP contribution >= 0.6 is 10.9 Å². The lowest BCUT2D eigenvalue weighted by molar-refractivity contribution is 1.62. The standard InChI is InChI=1S/C14H13NS/c15-11-16-14(12-7-3-1-4-8-12)13-9-5-2-6-10-13/h1-11H,15H2. The van der Waals surface area contributed by atoms with E-state index in [4.69, 9.17) is 5.73 Å². The lowest BCUT2D eigenvalue weighted by atomic mass is 10.1. The second-order valence-electron chi connectivity index (χ2n) is 3.32. The molecule has 0 bridgehead atoms. The van der Waals surface area contributed by atoms with Gasteiger partial charge in [0.05, 0.1) is 0 Å². The highest BCUT2D eigenvalue weighted by atomic mass is 32.1. The summed E-state index contributed by atoms with van der Waals surface area (Å²) in [7, 11) is 1.55. The van der Waals surface area contributed by atoms with Gasteiger partial charge in [0.25, 0.3) is 0 Å². The molecule has 0 atom stereocenters. The first-order chi connectivity index (χ1) is 7.92. The molecule has 0 saturated heterocycles. The van der Waals surface area contributed by atoms with Gasteiger partial charge in [0, 0.05) is 10.4 Å². The summed E-state index contributed by atoms with van der Waals surface area (Å²) in [5.41, 5.74) is 9.53. The molecule has 2 heteroatoms. The van der Waals surface area contributed by atoms with Crippen LogP contribution < -0.4 is 5.73 Å². The summed E-state index contributed by atoms with van der Waals surface area (Å²) in [5.74, 6) is 0. The zero-order chi connectivity index (χ0) is 11.2.